The molecule has 1 N–H and O–H groups in total. The highest BCUT2D eigenvalue weighted by Crippen LogP contribution is 2.37. The van der Waals surface area contributed by atoms with Crippen molar-refractivity contribution < 1.29 is 19.1 Å². The third-order valence-corrected chi connectivity index (χ3v) is 5.89. The van der Waals surface area contributed by atoms with Crippen LogP contribution in [0.2, 0.25) is 0 Å². The molecule has 0 atom stereocenters. The number of fused-ring (bicyclic) bond motifs is 1. The van der Waals surface area contributed by atoms with E-state index in [1.807, 2.05) is 42.5 Å². The van der Waals surface area contributed by atoms with Crippen LogP contribution < -0.4 is 0 Å². The highest BCUT2D eigenvalue weighted by Gasteiger charge is 2.50. The SMILES string of the molecule is O=C(c1ccc(-c2ccc3occc3c2)cc1)N1CCN(C(=O)C2(O)CC2)CC1. The minimum atomic E-state index is -1.14. The van der Waals surface area contributed by atoms with Gasteiger partial charge < -0.3 is 19.3 Å². The number of furan rings is 1. The lowest BCUT2D eigenvalue weighted by atomic mass is 10.0. The zero-order valence-electron chi connectivity index (χ0n) is 16.0. The highest BCUT2D eigenvalue weighted by atomic mass is 16.3. The van der Waals surface area contributed by atoms with Gasteiger partial charge in [0.15, 0.2) is 0 Å². The second kappa shape index (κ2) is 6.74. The van der Waals surface area contributed by atoms with E-state index in [1.54, 1.807) is 16.1 Å². The largest absolute Gasteiger partial charge is 0.464 e. The summed E-state index contributed by atoms with van der Waals surface area (Å²) >= 11 is 0. The molecule has 5 rings (SSSR count). The molecule has 2 amide bonds. The molecule has 6 nitrogen and oxygen atoms in total. The number of nitrogens with zero attached hydrogens (tertiary/aromatic N) is 2. The number of rotatable bonds is 3. The molecular formula is C23H22N2O4. The molecule has 2 aliphatic rings. The maximum Gasteiger partial charge on any atom is 0.254 e. The summed E-state index contributed by atoms with van der Waals surface area (Å²) in [6.45, 7) is 1.91. The fraction of sp³-hybridized carbons (Fsp3) is 0.304. The molecule has 2 fully saturated rings. The molecule has 0 radical (unpaired) electrons. The number of carbonyl (C=O) groups excluding carboxylic acids is 2. The molecule has 0 bridgehead atoms. The van der Waals surface area contributed by atoms with Crippen LogP contribution in [0.4, 0.5) is 0 Å². The van der Waals surface area contributed by atoms with E-state index in [4.69, 9.17) is 4.42 Å². The first-order valence-corrected chi connectivity index (χ1v) is 9.92. The fourth-order valence-corrected chi connectivity index (χ4v) is 3.87. The summed E-state index contributed by atoms with van der Waals surface area (Å²) in [6, 6.07) is 15.6. The molecule has 1 saturated heterocycles. The number of benzene rings is 2. The van der Waals surface area contributed by atoms with Crippen molar-refractivity contribution in [3.05, 3.63) is 60.4 Å². The van der Waals surface area contributed by atoms with Crippen LogP contribution in [0.1, 0.15) is 23.2 Å². The lowest BCUT2D eigenvalue weighted by Gasteiger charge is -2.35. The number of piperazine rings is 1. The van der Waals surface area contributed by atoms with Gasteiger partial charge in [0, 0.05) is 37.1 Å². The Hall–Kier alpha value is -3.12. The molecule has 3 aromatic rings. The van der Waals surface area contributed by atoms with Gasteiger partial charge in [-0.15, -0.1) is 0 Å². The summed E-state index contributed by atoms with van der Waals surface area (Å²) < 4.78 is 5.38. The van der Waals surface area contributed by atoms with E-state index in [0.717, 1.165) is 22.1 Å². The van der Waals surface area contributed by atoms with Crippen LogP contribution in [0.3, 0.4) is 0 Å². The molecule has 148 valence electrons. The van der Waals surface area contributed by atoms with Gasteiger partial charge in [-0.25, -0.2) is 0 Å². The van der Waals surface area contributed by atoms with Crippen molar-refractivity contribution in [2.45, 2.75) is 18.4 Å². The van der Waals surface area contributed by atoms with Crippen LogP contribution in [-0.4, -0.2) is 58.5 Å². The first-order chi connectivity index (χ1) is 14.0. The Kier molecular flexibility index (Phi) is 4.17. The van der Waals surface area contributed by atoms with E-state index >= 15 is 0 Å². The molecule has 6 heteroatoms. The molecule has 1 saturated carbocycles. The second-order valence-corrected chi connectivity index (χ2v) is 7.87. The van der Waals surface area contributed by atoms with Gasteiger partial charge in [-0.1, -0.05) is 18.2 Å². The van der Waals surface area contributed by atoms with E-state index in [-0.39, 0.29) is 11.8 Å². The van der Waals surface area contributed by atoms with Gasteiger partial charge in [-0.2, -0.15) is 0 Å². The average Bonchev–Trinajstić information content (AvgIpc) is 3.34. The summed E-state index contributed by atoms with van der Waals surface area (Å²) in [5.41, 5.74) is 2.47. The standard InChI is InChI=1S/C23H22N2O4/c26-21(24-10-12-25(13-11-24)22(27)23(28)8-9-23)17-3-1-16(2-4-17)18-5-6-20-19(15-18)7-14-29-20/h1-7,14-15,28H,8-13H2. The Morgan fingerprint density at radius 1 is 0.862 bits per heavy atom. The lowest BCUT2D eigenvalue weighted by Crippen LogP contribution is -2.53. The Morgan fingerprint density at radius 2 is 1.52 bits per heavy atom. The molecule has 29 heavy (non-hydrogen) atoms. The minimum absolute atomic E-state index is 0.0286. The van der Waals surface area contributed by atoms with Crippen LogP contribution in [0.15, 0.2) is 59.2 Å². The van der Waals surface area contributed by atoms with Gasteiger partial charge in [0.25, 0.3) is 11.8 Å². The minimum Gasteiger partial charge on any atom is -0.464 e. The molecule has 2 heterocycles. The summed E-state index contributed by atoms with van der Waals surface area (Å²) in [4.78, 5) is 28.5. The molecular weight excluding hydrogens is 368 g/mol. The first kappa shape index (κ1) is 17.9. The normalized spacial score (nSPS) is 18.1. The zero-order valence-corrected chi connectivity index (χ0v) is 16.0. The van der Waals surface area contributed by atoms with E-state index in [1.165, 1.54) is 0 Å². The highest BCUT2D eigenvalue weighted by molar-refractivity contribution is 5.95. The summed E-state index contributed by atoms with van der Waals surface area (Å²) in [7, 11) is 0. The molecule has 1 aromatic heterocycles. The Labute approximate surface area is 168 Å². The molecule has 1 aliphatic carbocycles. The smallest absolute Gasteiger partial charge is 0.254 e. The van der Waals surface area contributed by atoms with Crippen molar-refractivity contribution in [3.63, 3.8) is 0 Å². The van der Waals surface area contributed by atoms with Gasteiger partial charge in [0.05, 0.1) is 6.26 Å². The third kappa shape index (κ3) is 3.29. The predicted molar refractivity (Wildman–Crippen MR) is 108 cm³/mol. The van der Waals surface area contributed by atoms with Gasteiger partial charge >= 0.3 is 0 Å². The topological polar surface area (TPSA) is 74.0 Å². The van der Waals surface area contributed by atoms with Crippen LogP contribution in [0, 0.1) is 0 Å². The van der Waals surface area contributed by atoms with E-state index in [9.17, 15) is 14.7 Å². The number of aliphatic hydroxyl groups is 1. The molecule has 2 aromatic carbocycles. The van der Waals surface area contributed by atoms with Gasteiger partial charge in [0.1, 0.15) is 11.2 Å². The van der Waals surface area contributed by atoms with E-state index in [2.05, 4.69) is 6.07 Å². The fourth-order valence-electron chi connectivity index (χ4n) is 3.87. The molecule has 0 spiro atoms. The van der Waals surface area contributed by atoms with E-state index < -0.39 is 5.60 Å². The first-order valence-electron chi connectivity index (χ1n) is 9.92. The second-order valence-electron chi connectivity index (χ2n) is 7.87. The van der Waals surface area contributed by atoms with Crippen molar-refractivity contribution in [2.24, 2.45) is 0 Å². The predicted octanol–water partition coefficient (Wildman–Crippen LogP) is 2.91. The average molecular weight is 390 g/mol. The Morgan fingerprint density at radius 3 is 2.21 bits per heavy atom. The van der Waals surface area contributed by atoms with Gasteiger partial charge in [0.2, 0.25) is 0 Å². The zero-order chi connectivity index (χ0) is 20.0. The van der Waals surface area contributed by atoms with Crippen LogP contribution in [0.5, 0.6) is 0 Å². The summed E-state index contributed by atoms with van der Waals surface area (Å²) in [6.07, 6.45) is 2.77. The van der Waals surface area contributed by atoms with Crippen molar-refractivity contribution >= 4 is 22.8 Å². The molecule has 1 aliphatic heterocycles. The maximum atomic E-state index is 12.8. The summed E-state index contributed by atoms with van der Waals surface area (Å²) in [5.74, 6) is -0.220. The third-order valence-electron chi connectivity index (χ3n) is 5.89. The number of amides is 2. The monoisotopic (exact) mass is 390 g/mol. The van der Waals surface area contributed by atoms with Crippen molar-refractivity contribution in [3.8, 4) is 11.1 Å². The van der Waals surface area contributed by atoms with Crippen LogP contribution in [-0.2, 0) is 4.79 Å². The quantitative estimate of drug-likeness (QED) is 0.746. The van der Waals surface area contributed by atoms with Crippen LogP contribution >= 0.6 is 0 Å². The Bertz CT molecular complexity index is 1070. The molecule has 0 unspecified atom stereocenters. The van der Waals surface area contributed by atoms with Gasteiger partial charge in [-0.3, -0.25) is 9.59 Å². The van der Waals surface area contributed by atoms with Gasteiger partial charge in [-0.05, 0) is 54.3 Å². The summed E-state index contributed by atoms with van der Waals surface area (Å²) in [5, 5.41) is 11.0. The Balaban J connectivity index is 1.25. The van der Waals surface area contributed by atoms with Crippen LogP contribution in [0.25, 0.3) is 22.1 Å². The van der Waals surface area contributed by atoms with Crippen molar-refractivity contribution in [1.29, 1.82) is 0 Å². The van der Waals surface area contributed by atoms with Crippen molar-refractivity contribution in [2.75, 3.05) is 26.2 Å². The maximum absolute atomic E-state index is 12.8. The number of hydrogen-bond acceptors (Lipinski definition) is 4. The lowest BCUT2D eigenvalue weighted by molar-refractivity contribution is -0.143. The number of hydrogen-bond donors (Lipinski definition) is 1. The number of carbonyl (C=O) groups is 2. The van der Waals surface area contributed by atoms with Crippen molar-refractivity contribution in [1.82, 2.24) is 9.80 Å². The van der Waals surface area contributed by atoms with E-state index in [0.29, 0.717) is 44.6 Å².